The normalized spacial score (nSPS) is 10.2. The van der Waals surface area contributed by atoms with E-state index in [2.05, 4.69) is 22.6 Å². The van der Waals surface area contributed by atoms with E-state index in [0.29, 0.717) is 11.3 Å². The van der Waals surface area contributed by atoms with Crippen LogP contribution in [0.3, 0.4) is 0 Å². The summed E-state index contributed by atoms with van der Waals surface area (Å²) in [4.78, 5) is 12.0. The Balaban J connectivity index is 2.05. The molecule has 0 amide bonds. The predicted octanol–water partition coefficient (Wildman–Crippen LogP) is 3.54. The van der Waals surface area contributed by atoms with Crippen LogP contribution >= 0.6 is 22.6 Å². The Labute approximate surface area is 125 Å². The number of nitrogen functional groups attached to an aromatic ring is 1. The Kier molecular flexibility index (Phi) is 4.42. The smallest absolute Gasteiger partial charge is 0.338 e. The van der Waals surface area contributed by atoms with E-state index in [0.717, 1.165) is 14.7 Å². The molecule has 0 atom stereocenters. The molecule has 0 aliphatic carbocycles. The van der Waals surface area contributed by atoms with E-state index in [1.54, 1.807) is 18.2 Å². The maximum absolute atomic E-state index is 12.0. The number of esters is 1. The molecule has 0 unspecified atom stereocenters. The van der Waals surface area contributed by atoms with Gasteiger partial charge in [-0.25, -0.2) is 4.79 Å². The molecule has 3 nitrogen and oxygen atoms in total. The zero-order valence-corrected chi connectivity index (χ0v) is 12.7. The summed E-state index contributed by atoms with van der Waals surface area (Å²) in [6.45, 7) is 2.08. The summed E-state index contributed by atoms with van der Waals surface area (Å²) in [6.07, 6.45) is 0. The van der Waals surface area contributed by atoms with Crippen molar-refractivity contribution >= 4 is 34.2 Å². The van der Waals surface area contributed by atoms with Crippen molar-refractivity contribution < 1.29 is 9.53 Å². The maximum atomic E-state index is 12.0. The fourth-order valence-corrected chi connectivity index (χ4v) is 2.04. The summed E-state index contributed by atoms with van der Waals surface area (Å²) in [7, 11) is 0. The van der Waals surface area contributed by atoms with Crippen LogP contribution < -0.4 is 5.73 Å². The van der Waals surface area contributed by atoms with Crippen molar-refractivity contribution in [1.29, 1.82) is 0 Å². The lowest BCUT2D eigenvalue weighted by atomic mass is 10.1. The van der Waals surface area contributed by atoms with E-state index >= 15 is 0 Å². The standard InChI is InChI=1S/C15H14INO2/c1-10-13(3-2-4-14(10)17)15(18)19-9-11-5-7-12(16)8-6-11/h2-8H,9,17H2,1H3. The fraction of sp³-hybridized carbons (Fsp3) is 0.133. The fourth-order valence-electron chi connectivity index (χ4n) is 1.68. The van der Waals surface area contributed by atoms with Gasteiger partial charge in [-0.15, -0.1) is 0 Å². The highest BCUT2D eigenvalue weighted by atomic mass is 127. The average Bonchev–Trinajstić information content (AvgIpc) is 2.41. The summed E-state index contributed by atoms with van der Waals surface area (Å²) >= 11 is 2.23. The van der Waals surface area contributed by atoms with E-state index in [4.69, 9.17) is 10.5 Å². The van der Waals surface area contributed by atoms with Crippen LogP contribution in [0.15, 0.2) is 42.5 Å². The third-order valence-corrected chi connectivity index (χ3v) is 3.60. The molecule has 2 aromatic rings. The summed E-state index contributed by atoms with van der Waals surface area (Å²) in [5.41, 5.74) is 8.62. The lowest BCUT2D eigenvalue weighted by Crippen LogP contribution is -2.08. The minimum absolute atomic E-state index is 0.268. The molecule has 0 aliphatic rings. The highest BCUT2D eigenvalue weighted by Crippen LogP contribution is 2.17. The molecule has 2 aromatic carbocycles. The van der Waals surface area contributed by atoms with Crippen LogP contribution in [0.1, 0.15) is 21.5 Å². The number of rotatable bonds is 3. The van der Waals surface area contributed by atoms with Gasteiger partial charge in [-0.05, 0) is 64.9 Å². The number of carbonyl (C=O) groups is 1. The number of ether oxygens (including phenoxy) is 1. The summed E-state index contributed by atoms with van der Waals surface area (Å²) in [5, 5.41) is 0. The number of halogens is 1. The summed E-state index contributed by atoms with van der Waals surface area (Å²) in [6, 6.07) is 13.1. The van der Waals surface area contributed by atoms with E-state index in [9.17, 15) is 4.79 Å². The van der Waals surface area contributed by atoms with Crippen molar-refractivity contribution in [3.05, 3.63) is 62.7 Å². The van der Waals surface area contributed by atoms with Crippen molar-refractivity contribution in [2.45, 2.75) is 13.5 Å². The molecule has 4 heteroatoms. The molecular formula is C15H14INO2. The Morgan fingerprint density at radius 2 is 1.89 bits per heavy atom. The number of carbonyl (C=O) groups excluding carboxylic acids is 1. The first kappa shape index (κ1) is 13.9. The third kappa shape index (κ3) is 3.47. The van der Waals surface area contributed by atoms with Crippen molar-refractivity contribution in [3.63, 3.8) is 0 Å². The predicted molar refractivity (Wildman–Crippen MR) is 83.9 cm³/mol. The van der Waals surface area contributed by atoms with Crippen molar-refractivity contribution in [1.82, 2.24) is 0 Å². The molecule has 2 rings (SSSR count). The first-order valence-electron chi connectivity index (χ1n) is 5.84. The van der Waals surface area contributed by atoms with Gasteiger partial charge < -0.3 is 10.5 Å². The second-order valence-electron chi connectivity index (χ2n) is 4.22. The van der Waals surface area contributed by atoms with Crippen LogP contribution in [0.25, 0.3) is 0 Å². The summed E-state index contributed by atoms with van der Waals surface area (Å²) < 4.78 is 6.45. The van der Waals surface area contributed by atoms with Gasteiger partial charge in [0.2, 0.25) is 0 Å². The molecule has 0 aliphatic heterocycles. The molecular weight excluding hydrogens is 353 g/mol. The topological polar surface area (TPSA) is 52.3 Å². The molecule has 19 heavy (non-hydrogen) atoms. The molecule has 0 aromatic heterocycles. The van der Waals surface area contributed by atoms with E-state index in [1.165, 1.54) is 0 Å². The third-order valence-electron chi connectivity index (χ3n) is 2.88. The van der Waals surface area contributed by atoms with Gasteiger partial charge in [0.15, 0.2) is 0 Å². The van der Waals surface area contributed by atoms with Crippen molar-refractivity contribution in [3.8, 4) is 0 Å². The van der Waals surface area contributed by atoms with Crippen LogP contribution in [0.5, 0.6) is 0 Å². The van der Waals surface area contributed by atoms with Crippen molar-refractivity contribution in [2.24, 2.45) is 0 Å². The Morgan fingerprint density at radius 3 is 2.58 bits per heavy atom. The van der Waals surface area contributed by atoms with Gasteiger partial charge in [-0.1, -0.05) is 18.2 Å². The monoisotopic (exact) mass is 367 g/mol. The SMILES string of the molecule is Cc1c(N)cccc1C(=O)OCc1ccc(I)cc1. The minimum Gasteiger partial charge on any atom is -0.457 e. The van der Waals surface area contributed by atoms with E-state index in [-0.39, 0.29) is 12.6 Å². The second kappa shape index (κ2) is 6.06. The van der Waals surface area contributed by atoms with Gasteiger partial charge in [0, 0.05) is 9.26 Å². The van der Waals surface area contributed by atoms with Crippen molar-refractivity contribution in [2.75, 3.05) is 5.73 Å². The molecule has 0 saturated carbocycles. The zero-order valence-electron chi connectivity index (χ0n) is 10.5. The van der Waals surface area contributed by atoms with Gasteiger partial charge in [-0.2, -0.15) is 0 Å². The van der Waals surface area contributed by atoms with Gasteiger partial charge in [0.25, 0.3) is 0 Å². The molecule has 0 fully saturated rings. The minimum atomic E-state index is -0.344. The van der Waals surface area contributed by atoms with E-state index < -0.39 is 0 Å². The van der Waals surface area contributed by atoms with Gasteiger partial charge in [0.1, 0.15) is 6.61 Å². The lowest BCUT2D eigenvalue weighted by Gasteiger charge is -2.08. The summed E-state index contributed by atoms with van der Waals surface area (Å²) in [5.74, 6) is -0.344. The maximum Gasteiger partial charge on any atom is 0.338 e. The number of benzene rings is 2. The number of hydrogen-bond donors (Lipinski definition) is 1. The van der Waals surface area contributed by atoms with Crippen LogP contribution in [0.4, 0.5) is 5.69 Å². The number of anilines is 1. The Bertz CT molecular complexity index is 594. The largest absolute Gasteiger partial charge is 0.457 e. The molecule has 0 heterocycles. The van der Waals surface area contributed by atoms with E-state index in [1.807, 2.05) is 31.2 Å². The van der Waals surface area contributed by atoms with Crippen LogP contribution in [-0.2, 0) is 11.3 Å². The lowest BCUT2D eigenvalue weighted by molar-refractivity contribution is 0.0472. The Morgan fingerprint density at radius 1 is 1.21 bits per heavy atom. The first-order chi connectivity index (χ1) is 9.08. The molecule has 0 radical (unpaired) electrons. The molecule has 98 valence electrons. The first-order valence-corrected chi connectivity index (χ1v) is 6.92. The second-order valence-corrected chi connectivity index (χ2v) is 5.47. The number of hydrogen-bond acceptors (Lipinski definition) is 3. The highest BCUT2D eigenvalue weighted by Gasteiger charge is 2.11. The van der Waals surface area contributed by atoms with Gasteiger partial charge >= 0.3 is 5.97 Å². The average molecular weight is 367 g/mol. The molecule has 0 bridgehead atoms. The number of nitrogens with two attached hydrogens (primary N) is 1. The molecule has 2 N–H and O–H groups in total. The molecule has 0 spiro atoms. The quantitative estimate of drug-likeness (QED) is 0.513. The highest BCUT2D eigenvalue weighted by molar-refractivity contribution is 14.1. The van der Waals surface area contributed by atoms with Crippen LogP contribution in [0.2, 0.25) is 0 Å². The zero-order chi connectivity index (χ0) is 13.8. The van der Waals surface area contributed by atoms with Gasteiger partial charge in [-0.3, -0.25) is 0 Å². The van der Waals surface area contributed by atoms with Crippen LogP contribution in [-0.4, -0.2) is 5.97 Å². The van der Waals surface area contributed by atoms with Gasteiger partial charge in [0.05, 0.1) is 5.56 Å². The van der Waals surface area contributed by atoms with Crippen LogP contribution in [0, 0.1) is 10.5 Å². The Hall–Kier alpha value is -1.56. The molecule has 0 saturated heterocycles.